The Kier molecular flexibility index (Phi) is 3.63. The fourth-order valence-electron chi connectivity index (χ4n) is 5.77. The van der Waals surface area contributed by atoms with Gasteiger partial charge >= 0.3 is 5.97 Å². The van der Waals surface area contributed by atoms with Crippen molar-refractivity contribution in [2.45, 2.75) is 37.3 Å². The van der Waals surface area contributed by atoms with Crippen LogP contribution in [0.4, 0.5) is 5.69 Å². The van der Waals surface area contributed by atoms with Gasteiger partial charge in [-0.25, -0.2) is 4.79 Å². The normalized spacial score (nSPS) is 37.0. The zero-order chi connectivity index (χ0) is 18.8. The molecule has 27 heavy (non-hydrogen) atoms. The summed E-state index contributed by atoms with van der Waals surface area (Å²) < 4.78 is 10.8. The Bertz CT molecular complexity index is 850. The molecule has 2 saturated heterocycles. The molecule has 1 aromatic carbocycles. The molecular formula is C21H24N2O4. The zero-order valence-corrected chi connectivity index (χ0v) is 15.6. The van der Waals surface area contributed by atoms with Gasteiger partial charge in [-0.1, -0.05) is 18.2 Å². The van der Waals surface area contributed by atoms with E-state index >= 15 is 0 Å². The van der Waals surface area contributed by atoms with E-state index in [1.54, 1.807) is 6.26 Å². The van der Waals surface area contributed by atoms with Crippen LogP contribution in [0.15, 0.2) is 36.1 Å². The van der Waals surface area contributed by atoms with E-state index in [9.17, 15) is 9.59 Å². The fraction of sp³-hybridized carbons (Fsp3) is 0.524. The van der Waals surface area contributed by atoms with Gasteiger partial charge in [-0.2, -0.15) is 0 Å². The molecule has 0 saturated carbocycles. The second kappa shape index (κ2) is 5.83. The first-order valence-corrected chi connectivity index (χ1v) is 9.65. The summed E-state index contributed by atoms with van der Waals surface area (Å²) in [6.07, 6.45) is 3.20. The van der Waals surface area contributed by atoms with Crippen molar-refractivity contribution >= 4 is 17.6 Å². The molecule has 6 heteroatoms. The third kappa shape index (κ3) is 2.16. The van der Waals surface area contributed by atoms with Gasteiger partial charge in [0, 0.05) is 30.1 Å². The number of fused-ring (bicyclic) bond motifs is 5. The van der Waals surface area contributed by atoms with E-state index in [0.717, 1.165) is 37.2 Å². The average molecular weight is 368 g/mol. The number of hydrogen-bond acceptors (Lipinski definition) is 5. The van der Waals surface area contributed by atoms with Gasteiger partial charge in [0.1, 0.15) is 0 Å². The predicted molar refractivity (Wildman–Crippen MR) is 99.0 cm³/mol. The van der Waals surface area contributed by atoms with E-state index in [1.807, 2.05) is 18.2 Å². The Morgan fingerprint density at radius 2 is 2.19 bits per heavy atom. The molecule has 0 unspecified atom stereocenters. The van der Waals surface area contributed by atoms with Gasteiger partial charge in [-0.05, 0) is 37.9 Å². The number of ether oxygens (including phenoxy) is 2. The molecule has 1 amide bonds. The zero-order valence-electron chi connectivity index (χ0n) is 15.6. The highest BCUT2D eigenvalue weighted by Crippen LogP contribution is 2.53. The smallest absolute Gasteiger partial charge is 0.337 e. The summed E-state index contributed by atoms with van der Waals surface area (Å²) in [6.45, 7) is 3.79. The maximum atomic E-state index is 13.1. The van der Waals surface area contributed by atoms with Crippen molar-refractivity contribution in [2.75, 3.05) is 25.5 Å². The molecule has 0 radical (unpaired) electrons. The molecule has 142 valence electrons. The lowest BCUT2D eigenvalue weighted by Gasteiger charge is -2.48. The molecule has 0 aliphatic carbocycles. The van der Waals surface area contributed by atoms with Gasteiger partial charge in [0.15, 0.2) is 0 Å². The Morgan fingerprint density at radius 3 is 3.00 bits per heavy atom. The number of carbonyl (C=O) groups excluding carboxylic acids is 2. The number of amides is 1. The number of carbonyl (C=O) groups is 2. The largest absolute Gasteiger partial charge is 0.497 e. The second-order valence-corrected chi connectivity index (χ2v) is 8.14. The Hall–Kier alpha value is -2.34. The lowest BCUT2D eigenvalue weighted by Crippen LogP contribution is -2.56. The van der Waals surface area contributed by atoms with Gasteiger partial charge < -0.3 is 14.8 Å². The van der Waals surface area contributed by atoms with Crippen LogP contribution in [-0.4, -0.2) is 49.1 Å². The quantitative estimate of drug-likeness (QED) is 0.769. The number of nitrogens with zero attached hydrogens (tertiary/aromatic N) is 1. The summed E-state index contributed by atoms with van der Waals surface area (Å²) in [5.74, 6) is 0.0558. The van der Waals surface area contributed by atoms with Crippen molar-refractivity contribution in [3.63, 3.8) is 0 Å². The van der Waals surface area contributed by atoms with Crippen LogP contribution in [0.5, 0.6) is 0 Å². The van der Waals surface area contributed by atoms with Crippen molar-refractivity contribution in [1.29, 1.82) is 0 Å². The van der Waals surface area contributed by atoms with Crippen molar-refractivity contribution in [3.8, 4) is 0 Å². The molecule has 1 aromatic rings. The highest BCUT2D eigenvalue weighted by molar-refractivity contribution is 6.07. The number of esters is 1. The molecule has 6 nitrogen and oxygen atoms in total. The second-order valence-electron chi connectivity index (χ2n) is 8.14. The fourth-order valence-corrected chi connectivity index (χ4v) is 5.77. The molecular weight excluding hydrogens is 344 g/mol. The van der Waals surface area contributed by atoms with Crippen LogP contribution < -0.4 is 5.32 Å². The van der Waals surface area contributed by atoms with Gasteiger partial charge in [0.05, 0.1) is 30.5 Å². The number of anilines is 1. The minimum absolute atomic E-state index is 0.0468. The van der Waals surface area contributed by atoms with Gasteiger partial charge in [-0.3, -0.25) is 9.69 Å². The van der Waals surface area contributed by atoms with Crippen LogP contribution in [0.25, 0.3) is 0 Å². The van der Waals surface area contributed by atoms with E-state index in [2.05, 4.69) is 23.2 Å². The van der Waals surface area contributed by atoms with Crippen LogP contribution in [0, 0.1) is 11.8 Å². The summed E-state index contributed by atoms with van der Waals surface area (Å²) in [7, 11) is 1.41. The Labute approximate surface area is 158 Å². The molecule has 5 atom stereocenters. The molecule has 1 N–H and O–H groups in total. The van der Waals surface area contributed by atoms with E-state index in [4.69, 9.17) is 9.47 Å². The molecule has 0 bridgehead atoms. The molecule has 4 heterocycles. The first-order valence-electron chi connectivity index (χ1n) is 9.65. The molecule has 4 aliphatic heterocycles. The first kappa shape index (κ1) is 16.8. The van der Waals surface area contributed by atoms with Crippen LogP contribution in [0.1, 0.15) is 25.3 Å². The number of rotatable bonds is 1. The molecule has 0 aromatic heterocycles. The summed E-state index contributed by atoms with van der Waals surface area (Å²) in [5, 5.41) is 3.09. The van der Waals surface area contributed by atoms with Gasteiger partial charge in [-0.15, -0.1) is 0 Å². The number of piperidine rings is 1. The SMILES string of the molecule is COC(=O)C1=CO[C@@H](C)[C@@H]2CN3CC[C@@]4(C(=O)Nc5ccccc54)[C@H]3C[C@H]12. The summed E-state index contributed by atoms with van der Waals surface area (Å²) in [4.78, 5) is 27.9. The first-order chi connectivity index (χ1) is 13.1. The van der Waals surface area contributed by atoms with Crippen molar-refractivity contribution in [1.82, 2.24) is 4.90 Å². The minimum Gasteiger partial charge on any atom is -0.497 e. The highest BCUT2D eigenvalue weighted by atomic mass is 16.5. The molecule has 5 rings (SSSR count). The molecule has 2 fully saturated rings. The van der Waals surface area contributed by atoms with E-state index in [-0.39, 0.29) is 35.9 Å². The van der Waals surface area contributed by atoms with Gasteiger partial charge in [0.2, 0.25) is 5.91 Å². The van der Waals surface area contributed by atoms with E-state index < -0.39 is 5.41 Å². The molecule has 1 spiro atoms. The highest BCUT2D eigenvalue weighted by Gasteiger charge is 2.61. The number of methoxy groups -OCH3 is 1. The minimum atomic E-state index is -0.523. The van der Waals surface area contributed by atoms with Crippen LogP contribution in [0.2, 0.25) is 0 Å². The topological polar surface area (TPSA) is 67.9 Å². The number of para-hydroxylation sites is 1. The Morgan fingerprint density at radius 1 is 1.37 bits per heavy atom. The summed E-state index contributed by atoms with van der Waals surface area (Å²) >= 11 is 0. The van der Waals surface area contributed by atoms with Crippen molar-refractivity contribution in [3.05, 3.63) is 41.7 Å². The van der Waals surface area contributed by atoms with E-state index in [0.29, 0.717) is 5.57 Å². The van der Waals surface area contributed by atoms with Crippen molar-refractivity contribution < 1.29 is 19.1 Å². The summed E-state index contributed by atoms with van der Waals surface area (Å²) in [5.41, 5.74) is 2.11. The number of hydrogen-bond donors (Lipinski definition) is 1. The van der Waals surface area contributed by atoms with Crippen LogP contribution in [0.3, 0.4) is 0 Å². The van der Waals surface area contributed by atoms with E-state index in [1.165, 1.54) is 7.11 Å². The lowest BCUT2D eigenvalue weighted by atomic mass is 9.66. The maximum absolute atomic E-state index is 13.1. The lowest BCUT2D eigenvalue weighted by molar-refractivity contribution is -0.139. The predicted octanol–water partition coefficient (Wildman–Crippen LogP) is 2.06. The maximum Gasteiger partial charge on any atom is 0.337 e. The van der Waals surface area contributed by atoms with Gasteiger partial charge in [0.25, 0.3) is 0 Å². The summed E-state index contributed by atoms with van der Waals surface area (Å²) in [6, 6.07) is 8.10. The van der Waals surface area contributed by atoms with Crippen LogP contribution >= 0.6 is 0 Å². The average Bonchev–Trinajstić information content (AvgIpc) is 3.20. The molecule has 4 aliphatic rings. The number of benzene rings is 1. The Balaban J connectivity index is 1.55. The standard InChI is InChI=1S/C21H24N2O4/c1-12-14-10-23-8-7-21(16-5-3-4-6-17(16)22-20(21)25)18(23)9-13(14)15(11-27-12)19(24)26-2/h3-6,11-14,18H,7-10H2,1-2H3,(H,22,25)/t12-,13-,14-,18+,21-/m0/s1. The monoisotopic (exact) mass is 368 g/mol. The third-order valence-corrected chi connectivity index (χ3v) is 7.14. The third-order valence-electron chi connectivity index (χ3n) is 7.14. The van der Waals surface area contributed by atoms with Crippen molar-refractivity contribution in [2.24, 2.45) is 11.8 Å². The number of nitrogens with one attached hydrogen (secondary N) is 1. The van der Waals surface area contributed by atoms with Crippen LogP contribution in [-0.2, 0) is 24.5 Å².